The largest absolute Gasteiger partial charge is 0.427 e. The summed E-state index contributed by atoms with van der Waals surface area (Å²) in [4.78, 5) is 22.5. The van der Waals surface area contributed by atoms with Gasteiger partial charge in [0, 0.05) is 6.92 Å². The van der Waals surface area contributed by atoms with Crippen molar-refractivity contribution in [2.45, 2.75) is 29.6 Å². The summed E-state index contributed by atoms with van der Waals surface area (Å²) in [5.41, 5.74) is -0.111. The number of halogens is 6. The first-order valence-corrected chi connectivity index (χ1v) is 6.95. The molecule has 0 aliphatic carbocycles. The number of carbonyl (C=O) groups is 2. The van der Waals surface area contributed by atoms with Crippen molar-refractivity contribution in [2.24, 2.45) is 0 Å². The van der Waals surface area contributed by atoms with Gasteiger partial charge >= 0.3 is 28.5 Å². The number of rotatable bonds is 4. The minimum absolute atomic E-state index is 0.0780. The van der Waals surface area contributed by atoms with Gasteiger partial charge in [0.15, 0.2) is 6.10 Å². The fraction of sp³-hybridized carbons (Fsp3) is 0.385. The molecule has 0 bridgehead atoms. The highest BCUT2D eigenvalue weighted by Gasteiger charge is 2.77. The number of hydrogen-bond donors (Lipinski definition) is 0. The minimum Gasteiger partial charge on any atom is -0.427 e. The van der Waals surface area contributed by atoms with Crippen molar-refractivity contribution in [3.8, 4) is 5.75 Å². The van der Waals surface area contributed by atoms with Crippen LogP contribution in [0.25, 0.3) is 0 Å². The van der Waals surface area contributed by atoms with Gasteiger partial charge in [-0.1, -0.05) is 12.1 Å². The summed E-state index contributed by atoms with van der Waals surface area (Å²) in [6.07, 6.45) is -1.93. The van der Waals surface area contributed by atoms with Gasteiger partial charge in [0.05, 0.1) is 0 Å². The van der Waals surface area contributed by atoms with Crippen molar-refractivity contribution >= 4 is 35.1 Å². The molecule has 11 heteroatoms. The van der Waals surface area contributed by atoms with Crippen LogP contribution in [0.4, 0.5) is 17.6 Å². The molecule has 24 heavy (non-hydrogen) atoms. The summed E-state index contributed by atoms with van der Waals surface area (Å²) in [6, 6.07) is 4.67. The van der Waals surface area contributed by atoms with Crippen LogP contribution < -0.4 is 4.74 Å². The molecule has 1 aromatic carbocycles. The second kappa shape index (κ2) is 6.05. The average molecular weight is 391 g/mol. The fourth-order valence-corrected chi connectivity index (χ4v) is 2.38. The molecule has 5 nitrogen and oxygen atoms in total. The van der Waals surface area contributed by atoms with E-state index >= 15 is 0 Å². The van der Waals surface area contributed by atoms with Gasteiger partial charge in [-0.15, -0.1) is 0 Å². The third-order valence-electron chi connectivity index (χ3n) is 2.93. The molecule has 1 unspecified atom stereocenters. The van der Waals surface area contributed by atoms with Crippen LogP contribution in [-0.2, 0) is 19.1 Å². The average Bonchev–Trinajstić information content (AvgIpc) is 2.77. The summed E-state index contributed by atoms with van der Waals surface area (Å²) in [7, 11) is 0. The van der Waals surface area contributed by atoms with Crippen molar-refractivity contribution in [2.75, 3.05) is 0 Å². The molecule has 0 spiro atoms. The van der Waals surface area contributed by atoms with Crippen LogP contribution in [0, 0.1) is 0 Å². The number of carbonyl (C=O) groups excluding carboxylic acids is 2. The summed E-state index contributed by atoms with van der Waals surface area (Å²) < 4.78 is 66.8. The first-order valence-electron chi connectivity index (χ1n) is 6.20. The van der Waals surface area contributed by atoms with Crippen LogP contribution in [-0.4, -0.2) is 28.5 Å². The molecule has 132 valence electrons. The highest BCUT2D eigenvalue weighted by atomic mass is 35.5. The van der Waals surface area contributed by atoms with Gasteiger partial charge in [-0.05, 0) is 40.9 Å². The first kappa shape index (κ1) is 18.8. The van der Waals surface area contributed by atoms with E-state index in [0.717, 1.165) is 19.1 Å². The lowest BCUT2D eigenvalue weighted by Gasteiger charge is -2.32. The van der Waals surface area contributed by atoms with Crippen LogP contribution in [0.5, 0.6) is 5.75 Å². The molecule has 0 amide bonds. The maximum Gasteiger partial charge on any atom is 0.393 e. The fourth-order valence-electron chi connectivity index (χ4n) is 1.92. The summed E-state index contributed by atoms with van der Waals surface area (Å²) in [6.45, 7) is 1.14. The molecule has 1 saturated heterocycles. The zero-order valence-electron chi connectivity index (χ0n) is 11.7. The van der Waals surface area contributed by atoms with E-state index in [1.807, 2.05) is 0 Å². The van der Waals surface area contributed by atoms with E-state index in [4.69, 9.17) is 4.74 Å². The van der Waals surface area contributed by atoms with Crippen molar-refractivity contribution in [1.29, 1.82) is 0 Å². The zero-order valence-corrected chi connectivity index (χ0v) is 13.2. The highest BCUT2D eigenvalue weighted by Crippen LogP contribution is 2.55. The maximum atomic E-state index is 13.4. The highest BCUT2D eigenvalue weighted by molar-refractivity contribution is 6.26. The van der Waals surface area contributed by atoms with Crippen molar-refractivity contribution in [1.82, 2.24) is 0 Å². The SMILES string of the molecule is CC(=O)Oc1ccc(C2OC(C(F)(F)Cl)(C(F)(F)Cl)OC2=O)cc1. The minimum atomic E-state index is -4.81. The lowest BCUT2D eigenvalue weighted by atomic mass is 10.1. The van der Waals surface area contributed by atoms with E-state index in [-0.39, 0.29) is 11.3 Å². The van der Waals surface area contributed by atoms with Crippen molar-refractivity contribution in [3.05, 3.63) is 29.8 Å². The Labute approximate surface area is 142 Å². The Kier molecular flexibility index (Phi) is 4.73. The lowest BCUT2D eigenvalue weighted by molar-refractivity contribution is -0.325. The molecule has 1 atom stereocenters. The van der Waals surface area contributed by atoms with E-state index in [1.54, 1.807) is 0 Å². The number of cyclic esters (lactones) is 1. The molecule has 0 saturated carbocycles. The molecule has 0 N–H and O–H groups in total. The number of esters is 2. The second-order valence-electron chi connectivity index (χ2n) is 4.69. The molecule has 0 aromatic heterocycles. The zero-order chi connectivity index (χ0) is 18.3. The van der Waals surface area contributed by atoms with Gasteiger partial charge in [-0.2, -0.15) is 17.6 Å². The molecule has 2 rings (SSSR count). The van der Waals surface area contributed by atoms with Crippen molar-refractivity contribution < 1.29 is 41.4 Å². The molecular weight excluding hydrogens is 383 g/mol. The van der Waals surface area contributed by atoms with Crippen LogP contribution in [0.3, 0.4) is 0 Å². The van der Waals surface area contributed by atoms with Gasteiger partial charge in [0.25, 0.3) is 0 Å². The summed E-state index contributed by atoms with van der Waals surface area (Å²) >= 11 is 9.25. The Morgan fingerprint density at radius 2 is 1.67 bits per heavy atom. The first-order chi connectivity index (χ1) is 10.9. The molecule has 0 radical (unpaired) electrons. The molecule has 1 aromatic rings. The van der Waals surface area contributed by atoms with Crippen LogP contribution in [0.15, 0.2) is 24.3 Å². The normalized spacial score (nSPS) is 20.6. The third-order valence-corrected chi connectivity index (χ3v) is 3.43. The number of ether oxygens (including phenoxy) is 3. The van der Waals surface area contributed by atoms with Crippen molar-refractivity contribution in [3.63, 3.8) is 0 Å². The number of hydrogen-bond acceptors (Lipinski definition) is 5. The van der Waals surface area contributed by atoms with Crippen LogP contribution in [0.2, 0.25) is 0 Å². The third kappa shape index (κ3) is 3.28. The van der Waals surface area contributed by atoms with E-state index in [0.29, 0.717) is 0 Å². The van der Waals surface area contributed by atoms with Gasteiger partial charge < -0.3 is 14.2 Å². The molecule has 1 heterocycles. The quantitative estimate of drug-likeness (QED) is 0.340. The van der Waals surface area contributed by atoms with E-state index in [9.17, 15) is 27.2 Å². The number of alkyl halides is 6. The summed E-state index contributed by atoms with van der Waals surface area (Å²) in [5.74, 6) is -6.24. The molecular formula is C13H8Cl2F4O5. The molecule has 1 aliphatic rings. The van der Waals surface area contributed by atoms with E-state index in [1.165, 1.54) is 12.1 Å². The van der Waals surface area contributed by atoms with Gasteiger partial charge in [0.1, 0.15) is 5.75 Å². The Morgan fingerprint density at radius 3 is 2.04 bits per heavy atom. The standard InChI is InChI=1S/C13H8Cl2F4O5/c1-6(20)22-8-4-2-7(3-5-8)9-10(21)24-11(23-9,12(14,16)17)13(15,18)19/h2-5,9H,1H3. The van der Waals surface area contributed by atoms with Crippen LogP contribution >= 0.6 is 23.2 Å². The Bertz CT molecular complexity index is 640. The van der Waals surface area contributed by atoms with E-state index in [2.05, 4.69) is 32.7 Å². The Hall–Kier alpha value is -1.58. The Morgan fingerprint density at radius 1 is 1.17 bits per heavy atom. The van der Waals surface area contributed by atoms with Gasteiger partial charge in [-0.25, -0.2) is 4.79 Å². The predicted octanol–water partition coefficient (Wildman–Crippen LogP) is 3.59. The number of benzene rings is 1. The predicted molar refractivity (Wildman–Crippen MR) is 72.0 cm³/mol. The Balaban J connectivity index is 2.33. The lowest BCUT2D eigenvalue weighted by Crippen LogP contribution is -2.57. The van der Waals surface area contributed by atoms with Crippen LogP contribution in [0.1, 0.15) is 18.6 Å². The topological polar surface area (TPSA) is 61.8 Å². The van der Waals surface area contributed by atoms with Gasteiger partial charge in [0.2, 0.25) is 0 Å². The van der Waals surface area contributed by atoms with Gasteiger partial charge in [-0.3, -0.25) is 4.79 Å². The summed E-state index contributed by atoms with van der Waals surface area (Å²) in [5, 5.41) is -9.61. The second-order valence-corrected chi connectivity index (χ2v) is 5.64. The molecule has 1 aliphatic heterocycles. The monoisotopic (exact) mass is 390 g/mol. The van der Waals surface area contributed by atoms with E-state index < -0.39 is 34.6 Å². The molecule has 1 fully saturated rings. The maximum absolute atomic E-state index is 13.4. The smallest absolute Gasteiger partial charge is 0.393 e.